The van der Waals surface area contributed by atoms with E-state index in [0.717, 1.165) is 17.4 Å². The van der Waals surface area contributed by atoms with E-state index in [0.29, 0.717) is 27.4 Å². The summed E-state index contributed by atoms with van der Waals surface area (Å²) in [5, 5.41) is 20.1. The van der Waals surface area contributed by atoms with Crippen LogP contribution in [0.25, 0.3) is 5.57 Å². The molecule has 2 aromatic heterocycles. The Morgan fingerprint density at radius 1 is 1.25 bits per heavy atom. The van der Waals surface area contributed by atoms with Crippen LogP contribution in [-0.2, 0) is 12.6 Å². The summed E-state index contributed by atoms with van der Waals surface area (Å²) >= 11 is 6.63. The number of imidazole rings is 1. The maximum Gasteiger partial charge on any atom is 0.416 e. The Bertz CT molecular complexity index is 1670. The minimum absolute atomic E-state index is 0.0463. The van der Waals surface area contributed by atoms with E-state index in [-0.39, 0.29) is 27.8 Å². The Balaban J connectivity index is 1.74. The highest BCUT2D eigenvalue weighted by molar-refractivity contribution is 7.10. The molecule has 12 heteroatoms. The van der Waals surface area contributed by atoms with E-state index >= 15 is 0 Å². The number of nitrogens with zero attached hydrogens (tertiary/aromatic N) is 4. The highest BCUT2D eigenvalue weighted by Crippen LogP contribution is 2.37. The molecule has 2 N–H and O–H groups in total. The molecule has 0 spiro atoms. The number of benzene rings is 2. The van der Waals surface area contributed by atoms with E-state index in [9.17, 15) is 23.1 Å². The van der Waals surface area contributed by atoms with Crippen LogP contribution in [0.1, 0.15) is 40.2 Å². The van der Waals surface area contributed by atoms with Crippen molar-refractivity contribution >= 4 is 34.7 Å². The Hall–Kier alpha value is -3.70. The van der Waals surface area contributed by atoms with Gasteiger partial charge in [-0.1, -0.05) is 35.1 Å². The molecule has 0 bridgehead atoms. The van der Waals surface area contributed by atoms with Gasteiger partial charge in [0.25, 0.3) is 0 Å². The van der Waals surface area contributed by atoms with Crippen molar-refractivity contribution in [1.82, 2.24) is 14.5 Å². The maximum atomic E-state index is 13.9. The molecule has 5 rings (SSSR count). The molecule has 0 saturated carbocycles. The number of aromatic hydroxyl groups is 1. The van der Waals surface area contributed by atoms with Crippen LogP contribution in [-0.4, -0.2) is 25.9 Å². The SMILES string of the molecule is CC(c1cnc[nH]1)n1c(O)c(C(Cc2ccc(Cl)cc2C(F)(F)F)=c2ccc3c(c2)C=NN=3)sc1=O. The first-order chi connectivity index (χ1) is 17.1. The van der Waals surface area contributed by atoms with E-state index in [4.69, 9.17) is 11.6 Å². The van der Waals surface area contributed by atoms with Crippen LogP contribution in [0.3, 0.4) is 0 Å². The lowest BCUT2D eigenvalue weighted by atomic mass is 9.96. The Morgan fingerprint density at radius 2 is 2.06 bits per heavy atom. The zero-order chi connectivity index (χ0) is 25.6. The summed E-state index contributed by atoms with van der Waals surface area (Å²) in [6.45, 7) is 1.71. The lowest BCUT2D eigenvalue weighted by molar-refractivity contribution is -0.138. The lowest BCUT2D eigenvalue weighted by Crippen LogP contribution is -2.18. The highest BCUT2D eigenvalue weighted by Gasteiger charge is 2.34. The Kier molecular flexibility index (Phi) is 6.05. The number of H-pyrrole nitrogens is 1. The zero-order valence-electron chi connectivity index (χ0n) is 18.5. The molecule has 1 unspecified atom stereocenters. The maximum absolute atomic E-state index is 13.9. The van der Waals surface area contributed by atoms with Gasteiger partial charge in [0.1, 0.15) is 0 Å². The average Bonchev–Trinajstić information content (AvgIpc) is 3.58. The van der Waals surface area contributed by atoms with Gasteiger partial charge in [-0.25, -0.2) is 4.98 Å². The van der Waals surface area contributed by atoms with Gasteiger partial charge in [0.05, 0.1) is 46.3 Å². The number of hydrogen-bond acceptors (Lipinski definition) is 6. The van der Waals surface area contributed by atoms with E-state index in [2.05, 4.69) is 20.2 Å². The van der Waals surface area contributed by atoms with Gasteiger partial charge in [-0.05, 0) is 47.5 Å². The average molecular weight is 532 g/mol. The number of nitrogens with one attached hydrogen (secondary N) is 1. The molecular formula is C24H17ClF3N5O2S. The predicted octanol–water partition coefficient (Wildman–Crippen LogP) is 4.03. The topological polar surface area (TPSA) is 95.6 Å². The molecule has 3 heterocycles. The van der Waals surface area contributed by atoms with Crippen molar-refractivity contribution in [3.8, 4) is 5.88 Å². The Morgan fingerprint density at radius 3 is 2.78 bits per heavy atom. The third-order valence-electron chi connectivity index (χ3n) is 5.93. The minimum atomic E-state index is -4.65. The van der Waals surface area contributed by atoms with Gasteiger partial charge < -0.3 is 10.1 Å². The van der Waals surface area contributed by atoms with Crippen LogP contribution in [0, 0.1) is 0 Å². The quantitative estimate of drug-likeness (QED) is 0.407. The molecule has 1 atom stereocenters. The number of aromatic amines is 1. The third kappa shape index (κ3) is 4.35. The van der Waals surface area contributed by atoms with Crippen LogP contribution in [0.2, 0.25) is 5.02 Å². The number of aromatic nitrogens is 3. The van der Waals surface area contributed by atoms with Gasteiger partial charge >= 0.3 is 11.0 Å². The monoisotopic (exact) mass is 531 g/mol. The van der Waals surface area contributed by atoms with Gasteiger partial charge in [-0.3, -0.25) is 9.36 Å². The molecule has 4 aromatic rings. The van der Waals surface area contributed by atoms with E-state index < -0.39 is 22.7 Å². The van der Waals surface area contributed by atoms with Crippen LogP contribution >= 0.6 is 22.9 Å². The minimum Gasteiger partial charge on any atom is -0.493 e. The van der Waals surface area contributed by atoms with Gasteiger partial charge in [0, 0.05) is 17.0 Å². The number of alkyl halides is 3. The van der Waals surface area contributed by atoms with E-state index in [1.165, 1.54) is 35.4 Å². The molecule has 0 aliphatic carbocycles. The molecule has 1 aliphatic heterocycles. The fourth-order valence-corrected chi connectivity index (χ4v) is 5.30. The van der Waals surface area contributed by atoms with E-state index in [1.807, 2.05) is 0 Å². The molecule has 184 valence electrons. The molecular weight excluding hydrogens is 515 g/mol. The fourth-order valence-electron chi connectivity index (χ4n) is 4.11. The fraction of sp³-hybridized carbons (Fsp3) is 0.167. The summed E-state index contributed by atoms with van der Waals surface area (Å²) in [6.07, 6.45) is -0.343. The van der Waals surface area contributed by atoms with Crippen molar-refractivity contribution in [2.75, 3.05) is 0 Å². The van der Waals surface area contributed by atoms with Crippen molar-refractivity contribution in [3.05, 3.63) is 101 Å². The van der Waals surface area contributed by atoms with Crippen molar-refractivity contribution in [1.29, 1.82) is 0 Å². The van der Waals surface area contributed by atoms with Gasteiger partial charge in [-0.2, -0.15) is 23.4 Å². The molecule has 2 aromatic carbocycles. The van der Waals surface area contributed by atoms with Gasteiger partial charge in [-0.15, -0.1) is 0 Å². The number of hydrogen-bond donors (Lipinski definition) is 2. The smallest absolute Gasteiger partial charge is 0.416 e. The number of rotatable bonds is 5. The van der Waals surface area contributed by atoms with E-state index in [1.54, 1.807) is 25.1 Å². The summed E-state index contributed by atoms with van der Waals surface area (Å²) in [4.78, 5) is 19.6. The van der Waals surface area contributed by atoms with Crippen LogP contribution in [0.4, 0.5) is 13.2 Å². The molecule has 0 radical (unpaired) electrons. The largest absolute Gasteiger partial charge is 0.493 e. The number of halogens is 4. The van der Waals surface area contributed by atoms with Crippen LogP contribution in [0.5, 0.6) is 5.88 Å². The lowest BCUT2D eigenvalue weighted by Gasteiger charge is -2.16. The summed E-state index contributed by atoms with van der Waals surface area (Å²) in [6, 6.07) is 8.07. The van der Waals surface area contributed by atoms with Gasteiger partial charge in [0.2, 0.25) is 5.88 Å². The third-order valence-corrected chi connectivity index (χ3v) is 7.17. The van der Waals surface area contributed by atoms with Crippen LogP contribution < -0.4 is 15.4 Å². The summed E-state index contributed by atoms with van der Waals surface area (Å²) < 4.78 is 42.8. The van der Waals surface area contributed by atoms with Crippen molar-refractivity contribution in [2.45, 2.75) is 25.6 Å². The molecule has 0 fully saturated rings. The standard InChI is InChI=1S/C24H17ClF3N5O2S/c1-12(20-10-29-11-30-20)33-22(34)21(36-23(33)35)17(13-3-5-19-15(6-13)9-31-32-19)7-14-2-4-16(25)8-18(14)24(26,27)28/h2-6,8-12,34H,7H2,1H3,(H,29,30). The molecule has 36 heavy (non-hydrogen) atoms. The predicted molar refractivity (Wildman–Crippen MR) is 130 cm³/mol. The molecule has 1 aliphatic rings. The van der Waals surface area contributed by atoms with Crippen molar-refractivity contribution < 1.29 is 18.3 Å². The van der Waals surface area contributed by atoms with Crippen LogP contribution in [0.15, 0.2) is 63.9 Å². The zero-order valence-corrected chi connectivity index (χ0v) is 20.1. The summed E-state index contributed by atoms with van der Waals surface area (Å²) in [7, 11) is 0. The molecule has 7 nitrogen and oxygen atoms in total. The first-order valence-corrected chi connectivity index (χ1v) is 11.9. The van der Waals surface area contributed by atoms with Crippen molar-refractivity contribution in [3.63, 3.8) is 0 Å². The highest BCUT2D eigenvalue weighted by atomic mass is 35.5. The second kappa shape index (κ2) is 9.07. The summed E-state index contributed by atoms with van der Waals surface area (Å²) in [5.74, 6) is -0.344. The molecule has 0 saturated heterocycles. The second-order valence-corrected chi connectivity index (χ2v) is 9.54. The first kappa shape index (κ1) is 24.0. The molecule has 0 amide bonds. The summed E-state index contributed by atoms with van der Waals surface area (Å²) in [5.41, 5.74) is 0.678. The normalized spacial score (nSPS) is 14.5. The van der Waals surface area contributed by atoms with Crippen molar-refractivity contribution in [2.24, 2.45) is 10.2 Å². The number of fused-ring (bicyclic) bond motifs is 1. The van der Waals surface area contributed by atoms with Gasteiger partial charge in [0.15, 0.2) is 0 Å². The number of thiazole rings is 1. The Labute approximate surface area is 210 Å². The first-order valence-electron chi connectivity index (χ1n) is 10.7. The second-order valence-electron chi connectivity index (χ2n) is 8.15.